The molecule has 2 aromatic rings. The van der Waals surface area contributed by atoms with Crippen LogP contribution in [0.25, 0.3) is 16.1 Å². The number of rotatable bonds is 5. The summed E-state index contributed by atoms with van der Waals surface area (Å²) in [6, 6.07) is 2.43. The van der Waals surface area contributed by atoms with Crippen LogP contribution in [0.15, 0.2) is 18.5 Å². The Balaban J connectivity index is 1.83. The SMILES string of the molecule is [C-]#[N+]CCn1cc(-c2cc(N3CC[C@@H](NC)C3)nc(N)n2)cn1. The number of nitrogen functional groups attached to an aromatic ring is 1. The molecule has 0 bridgehead atoms. The molecule has 23 heavy (non-hydrogen) atoms. The van der Waals surface area contributed by atoms with Crippen LogP contribution in [0.1, 0.15) is 6.42 Å². The minimum absolute atomic E-state index is 0.263. The highest BCUT2D eigenvalue weighted by atomic mass is 15.3. The van der Waals surface area contributed by atoms with Gasteiger partial charge < -0.3 is 20.8 Å². The number of anilines is 2. The van der Waals surface area contributed by atoms with E-state index in [4.69, 9.17) is 12.3 Å². The van der Waals surface area contributed by atoms with Gasteiger partial charge in [-0.2, -0.15) is 10.1 Å². The molecule has 0 radical (unpaired) electrons. The summed E-state index contributed by atoms with van der Waals surface area (Å²) in [5.74, 6) is 1.11. The van der Waals surface area contributed by atoms with Crippen LogP contribution in [0, 0.1) is 6.57 Å². The molecule has 0 aliphatic carbocycles. The minimum atomic E-state index is 0.263. The average Bonchev–Trinajstić information content (AvgIpc) is 3.21. The molecular weight excluding hydrogens is 292 g/mol. The molecule has 1 saturated heterocycles. The zero-order valence-corrected chi connectivity index (χ0v) is 13.1. The molecular formula is C15H20N8. The maximum atomic E-state index is 6.84. The van der Waals surface area contributed by atoms with Gasteiger partial charge >= 0.3 is 0 Å². The number of hydrogen-bond acceptors (Lipinski definition) is 6. The first-order valence-corrected chi connectivity index (χ1v) is 7.62. The lowest BCUT2D eigenvalue weighted by atomic mass is 10.2. The van der Waals surface area contributed by atoms with Gasteiger partial charge in [-0.25, -0.2) is 11.6 Å². The molecule has 0 saturated carbocycles. The first kappa shape index (κ1) is 15.2. The number of nitrogens with zero attached hydrogens (tertiary/aromatic N) is 6. The number of likely N-dealkylation sites (N-methyl/N-ethyl adjacent to an activating group) is 1. The monoisotopic (exact) mass is 312 g/mol. The zero-order chi connectivity index (χ0) is 16.2. The van der Waals surface area contributed by atoms with Crippen molar-refractivity contribution in [3.63, 3.8) is 0 Å². The van der Waals surface area contributed by atoms with Gasteiger partial charge in [-0.1, -0.05) is 0 Å². The summed E-state index contributed by atoms with van der Waals surface area (Å²) in [7, 11) is 1.98. The molecule has 0 spiro atoms. The van der Waals surface area contributed by atoms with E-state index in [0.29, 0.717) is 19.1 Å². The Morgan fingerprint density at radius 3 is 3.09 bits per heavy atom. The largest absolute Gasteiger partial charge is 0.368 e. The summed E-state index contributed by atoms with van der Waals surface area (Å²) >= 11 is 0. The number of nitrogens with two attached hydrogens (primary N) is 1. The quantitative estimate of drug-likeness (QED) is 0.788. The van der Waals surface area contributed by atoms with Crippen LogP contribution >= 0.6 is 0 Å². The normalized spacial score (nSPS) is 17.4. The third-order valence-corrected chi connectivity index (χ3v) is 4.02. The summed E-state index contributed by atoms with van der Waals surface area (Å²) < 4.78 is 1.75. The first-order valence-electron chi connectivity index (χ1n) is 7.62. The standard InChI is InChI=1S/C15H20N8/c1-17-4-6-23-9-11(8-19-23)13-7-14(21-15(16)20-13)22-5-3-12(10-22)18-2/h7-9,12,18H,3-6,10H2,2H3,(H2,16,20,21)/t12-/m1/s1. The van der Waals surface area contributed by atoms with Gasteiger partial charge in [0.1, 0.15) is 12.4 Å². The van der Waals surface area contributed by atoms with Gasteiger partial charge in [0.2, 0.25) is 12.5 Å². The molecule has 8 nitrogen and oxygen atoms in total. The third-order valence-electron chi connectivity index (χ3n) is 4.02. The first-order chi connectivity index (χ1) is 11.2. The number of hydrogen-bond donors (Lipinski definition) is 2. The van der Waals surface area contributed by atoms with Gasteiger partial charge in [-0.3, -0.25) is 4.68 Å². The second kappa shape index (κ2) is 6.62. The van der Waals surface area contributed by atoms with Crippen molar-refractivity contribution < 1.29 is 0 Å². The fourth-order valence-electron chi connectivity index (χ4n) is 2.74. The van der Waals surface area contributed by atoms with Crippen molar-refractivity contribution in [1.82, 2.24) is 25.1 Å². The summed E-state index contributed by atoms with van der Waals surface area (Å²) in [4.78, 5) is 14.2. The predicted molar refractivity (Wildman–Crippen MR) is 88.8 cm³/mol. The van der Waals surface area contributed by atoms with E-state index in [2.05, 4.69) is 30.1 Å². The van der Waals surface area contributed by atoms with Crippen LogP contribution in [0.2, 0.25) is 0 Å². The second-order valence-electron chi connectivity index (χ2n) is 5.56. The Morgan fingerprint density at radius 2 is 2.35 bits per heavy atom. The Hall–Kier alpha value is -2.66. The predicted octanol–water partition coefficient (Wildman–Crippen LogP) is 0.640. The molecule has 1 aliphatic rings. The smallest absolute Gasteiger partial charge is 0.234 e. The fourth-order valence-corrected chi connectivity index (χ4v) is 2.74. The van der Waals surface area contributed by atoms with Crippen molar-refractivity contribution in [1.29, 1.82) is 0 Å². The number of nitrogens with one attached hydrogen (secondary N) is 1. The minimum Gasteiger partial charge on any atom is -0.368 e. The zero-order valence-electron chi connectivity index (χ0n) is 13.1. The van der Waals surface area contributed by atoms with Crippen LogP contribution in [0.5, 0.6) is 0 Å². The van der Waals surface area contributed by atoms with Crippen LogP contribution in [-0.2, 0) is 6.54 Å². The molecule has 120 valence electrons. The van der Waals surface area contributed by atoms with Crippen molar-refractivity contribution in [2.24, 2.45) is 0 Å². The Kier molecular flexibility index (Phi) is 4.39. The van der Waals surface area contributed by atoms with Crippen molar-refractivity contribution >= 4 is 11.8 Å². The van der Waals surface area contributed by atoms with Crippen LogP contribution in [0.3, 0.4) is 0 Å². The van der Waals surface area contributed by atoms with E-state index in [-0.39, 0.29) is 5.95 Å². The molecule has 1 fully saturated rings. The average molecular weight is 312 g/mol. The van der Waals surface area contributed by atoms with Crippen LogP contribution in [-0.4, -0.2) is 52.5 Å². The molecule has 3 heterocycles. The summed E-state index contributed by atoms with van der Waals surface area (Å²) in [5, 5.41) is 7.55. The molecule has 0 amide bonds. The Labute approximate surface area is 135 Å². The summed E-state index contributed by atoms with van der Waals surface area (Å²) in [5.41, 5.74) is 7.53. The lowest BCUT2D eigenvalue weighted by molar-refractivity contribution is 0.616. The van der Waals surface area contributed by atoms with Gasteiger partial charge in [0.05, 0.1) is 11.9 Å². The molecule has 1 aliphatic heterocycles. The van der Waals surface area contributed by atoms with Crippen LogP contribution < -0.4 is 16.0 Å². The van der Waals surface area contributed by atoms with Crippen molar-refractivity contribution in [2.45, 2.75) is 19.0 Å². The van der Waals surface area contributed by atoms with Crippen molar-refractivity contribution in [3.05, 3.63) is 29.9 Å². The third kappa shape index (κ3) is 3.40. The topological polar surface area (TPSA) is 89.2 Å². The maximum Gasteiger partial charge on any atom is 0.234 e. The molecule has 8 heteroatoms. The highest BCUT2D eigenvalue weighted by Crippen LogP contribution is 2.24. The summed E-state index contributed by atoms with van der Waals surface area (Å²) in [6.07, 6.45) is 4.72. The molecule has 0 aromatic carbocycles. The van der Waals surface area contributed by atoms with Gasteiger partial charge in [0.25, 0.3) is 0 Å². The van der Waals surface area contributed by atoms with Gasteiger partial charge in [0.15, 0.2) is 0 Å². The maximum absolute atomic E-state index is 6.84. The van der Waals surface area contributed by atoms with E-state index in [0.717, 1.165) is 36.6 Å². The highest BCUT2D eigenvalue weighted by Gasteiger charge is 2.23. The Bertz CT molecular complexity index is 717. The lowest BCUT2D eigenvalue weighted by Crippen LogP contribution is -2.30. The van der Waals surface area contributed by atoms with Gasteiger partial charge in [-0.15, -0.1) is 0 Å². The van der Waals surface area contributed by atoms with Gasteiger partial charge in [-0.05, 0) is 13.5 Å². The second-order valence-corrected chi connectivity index (χ2v) is 5.56. The van der Waals surface area contributed by atoms with E-state index in [1.165, 1.54) is 0 Å². The molecule has 3 rings (SSSR count). The van der Waals surface area contributed by atoms with E-state index in [1.54, 1.807) is 10.9 Å². The van der Waals surface area contributed by atoms with E-state index >= 15 is 0 Å². The molecule has 1 atom stereocenters. The number of aromatic nitrogens is 4. The highest BCUT2D eigenvalue weighted by molar-refractivity contribution is 5.63. The summed E-state index contributed by atoms with van der Waals surface area (Å²) in [6.45, 7) is 9.70. The lowest BCUT2D eigenvalue weighted by Gasteiger charge is -2.18. The Morgan fingerprint density at radius 1 is 1.48 bits per heavy atom. The van der Waals surface area contributed by atoms with Gasteiger partial charge in [0, 0.05) is 37.0 Å². The van der Waals surface area contributed by atoms with E-state index in [9.17, 15) is 0 Å². The van der Waals surface area contributed by atoms with E-state index in [1.807, 2.05) is 19.3 Å². The molecule has 0 unspecified atom stereocenters. The van der Waals surface area contributed by atoms with Crippen LogP contribution in [0.4, 0.5) is 11.8 Å². The molecule has 2 aromatic heterocycles. The van der Waals surface area contributed by atoms with E-state index < -0.39 is 0 Å². The fraction of sp³-hybridized carbons (Fsp3) is 0.467. The molecule has 3 N–H and O–H groups in total. The van der Waals surface area contributed by atoms with Crippen molar-refractivity contribution in [3.8, 4) is 11.3 Å². The van der Waals surface area contributed by atoms with Crippen molar-refractivity contribution in [2.75, 3.05) is 37.3 Å².